The van der Waals surface area contributed by atoms with Gasteiger partial charge in [-0.25, -0.2) is 0 Å². The summed E-state index contributed by atoms with van der Waals surface area (Å²) in [5, 5.41) is 7.31. The molecule has 2 aromatic carbocycles. The van der Waals surface area contributed by atoms with Crippen molar-refractivity contribution < 1.29 is 9.53 Å². The quantitative estimate of drug-likeness (QED) is 0.315. The lowest BCUT2D eigenvalue weighted by Gasteiger charge is -2.16. The fourth-order valence-electron chi connectivity index (χ4n) is 3.29. The Bertz CT molecular complexity index is 874. The molecule has 0 saturated carbocycles. The van der Waals surface area contributed by atoms with Crippen LogP contribution in [0.3, 0.4) is 0 Å². The lowest BCUT2D eigenvalue weighted by molar-refractivity contribution is -0.117. The molecule has 0 unspecified atom stereocenters. The van der Waals surface area contributed by atoms with Crippen molar-refractivity contribution in [3.63, 3.8) is 0 Å². The molecule has 0 aromatic heterocycles. The maximum atomic E-state index is 11.8. The van der Waals surface area contributed by atoms with Gasteiger partial charge in [0.2, 0.25) is 5.91 Å². The Balaban J connectivity index is 0.00000320. The second kappa shape index (κ2) is 12.0. The number of carbonyl (C=O) groups is 1. The van der Waals surface area contributed by atoms with Crippen molar-refractivity contribution in [2.45, 2.75) is 25.8 Å². The Morgan fingerprint density at radius 3 is 2.57 bits per heavy atom. The zero-order valence-electron chi connectivity index (χ0n) is 17.3. The van der Waals surface area contributed by atoms with Crippen molar-refractivity contribution in [1.29, 1.82) is 0 Å². The predicted octanol–water partition coefficient (Wildman–Crippen LogP) is 4.00. The number of hydrogen-bond donors (Lipinski definition) is 2. The molecule has 1 heterocycles. The second-order valence-corrected chi connectivity index (χ2v) is 7.28. The van der Waals surface area contributed by atoms with Gasteiger partial charge in [-0.2, -0.15) is 0 Å². The summed E-state index contributed by atoms with van der Waals surface area (Å²) in [6.07, 6.45) is 2.36. The fourth-order valence-corrected chi connectivity index (χ4v) is 3.56. The first kappa shape index (κ1) is 24.3. The summed E-state index contributed by atoms with van der Waals surface area (Å²) in [5.41, 5.74) is 3.15. The van der Waals surface area contributed by atoms with Crippen LogP contribution in [0.5, 0.6) is 5.75 Å². The number of hydrogen-bond acceptors (Lipinski definition) is 3. The summed E-state index contributed by atoms with van der Waals surface area (Å²) in [7, 11) is 3.37. The summed E-state index contributed by atoms with van der Waals surface area (Å²) in [6.45, 7) is 2.17. The molecule has 0 spiro atoms. The molecule has 0 atom stereocenters. The zero-order valence-corrected chi connectivity index (χ0v) is 20.4. The Kier molecular flexibility index (Phi) is 9.71. The second-order valence-electron chi connectivity index (χ2n) is 6.88. The van der Waals surface area contributed by atoms with Gasteiger partial charge in [0.05, 0.1) is 7.11 Å². The highest BCUT2D eigenvalue weighted by Gasteiger charge is 2.21. The fraction of sp³-hybridized carbons (Fsp3) is 0.364. The number of guanidine groups is 1. The number of nitrogens with zero attached hydrogens (tertiary/aromatic N) is 2. The van der Waals surface area contributed by atoms with Gasteiger partial charge in [0.15, 0.2) is 5.96 Å². The van der Waals surface area contributed by atoms with Gasteiger partial charge < -0.3 is 20.3 Å². The summed E-state index contributed by atoms with van der Waals surface area (Å²) in [5.74, 6) is 1.69. The van der Waals surface area contributed by atoms with Crippen LogP contribution in [0.2, 0.25) is 5.02 Å². The van der Waals surface area contributed by atoms with Gasteiger partial charge >= 0.3 is 0 Å². The van der Waals surface area contributed by atoms with E-state index >= 15 is 0 Å². The van der Waals surface area contributed by atoms with E-state index in [-0.39, 0.29) is 29.9 Å². The molecule has 0 aliphatic carbocycles. The first-order valence-corrected chi connectivity index (χ1v) is 10.1. The van der Waals surface area contributed by atoms with Crippen LogP contribution in [0.4, 0.5) is 5.69 Å². The van der Waals surface area contributed by atoms with Gasteiger partial charge in [0.1, 0.15) is 5.75 Å². The molecule has 1 aliphatic heterocycles. The zero-order chi connectivity index (χ0) is 20.6. The largest absolute Gasteiger partial charge is 0.497 e. The number of halogens is 2. The molecular weight excluding hydrogens is 515 g/mol. The van der Waals surface area contributed by atoms with Gasteiger partial charge in [-0.15, -0.1) is 24.0 Å². The van der Waals surface area contributed by atoms with Crippen LogP contribution in [-0.4, -0.2) is 39.1 Å². The molecule has 0 bridgehead atoms. The van der Waals surface area contributed by atoms with Crippen LogP contribution in [0.25, 0.3) is 0 Å². The molecule has 8 heteroatoms. The number of methoxy groups -OCH3 is 1. The number of ether oxygens (including phenoxy) is 1. The molecule has 6 nitrogen and oxygen atoms in total. The van der Waals surface area contributed by atoms with E-state index in [1.165, 1.54) is 0 Å². The number of benzene rings is 2. The number of carbonyl (C=O) groups excluding carboxylic acids is 1. The Morgan fingerprint density at radius 2 is 1.97 bits per heavy atom. The average Bonchev–Trinajstić information content (AvgIpc) is 3.17. The summed E-state index contributed by atoms with van der Waals surface area (Å²) in [4.78, 5) is 18.0. The molecule has 1 aliphatic rings. The molecule has 0 radical (unpaired) electrons. The number of anilines is 1. The van der Waals surface area contributed by atoms with E-state index < -0.39 is 0 Å². The third-order valence-corrected chi connectivity index (χ3v) is 5.30. The molecular formula is C22H28ClIN4O2. The molecule has 1 fully saturated rings. The maximum absolute atomic E-state index is 11.8. The number of aliphatic imine (C=N–C) groups is 1. The number of rotatable bonds is 7. The SMILES string of the molecule is CN=C(NCCc1ccc(OC)cc1Cl)NCc1ccc(N2CCCC2=O)cc1.I. The Labute approximate surface area is 200 Å². The third-order valence-electron chi connectivity index (χ3n) is 4.95. The van der Waals surface area contributed by atoms with Crippen molar-refractivity contribution in [3.8, 4) is 5.75 Å². The smallest absolute Gasteiger partial charge is 0.227 e. The van der Waals surface area contributed by atoms with Crippen LogP contribution in [0.1, 0.15) is 24.0 Å². The van der Waals surface area contributed by atoms with Gasteiger partial charge in [0, 0.05) is 43.8 Å². The Morgan fingerprint density at radius 1 is 1.20 bits per heavy atom. The van der Waals surface area contributed by atoms with Crippen LogP contribution in [-0.2, 0) is 17.8 Å². The molecule has 1 saturated heterocycles. The van der Waals surface area contributed by atoms with E-state index in [1.54, 1.807) is 14.2 Å². The molecule has 1 amide bonds. The minimum atomic E-state index is 0. The first-order chi connectivity index (χ1) is 14.1. The van der Waals surface area contributed by atoms with E-state index in [0.717, 1.165) is 47.9 Å². The summed E-state index contributed by atoms with van der Waals surface area (Å²) in [6, 6.07) is 13.8. The summed E-state index contributed by atoms with van der Waals surface area (Å²) >= 11 is 6.29. The lowest BCUT2D eigenvalue weighted by Crippen LogP contribution is -2.37. The van der Waals surface area contributed by atoms with Crippen LogP contribution in [0, 0.1) is 0 Å². The van der Waals surface area contributed by atoms with Gasteiger partial charge in [0.25, 0.3) is 0 Å². The monoisotopic (exact) mass is 542 g/mol. The van der Waals surface area contributed by atoms with Crippen LogP contribution in [0.15, 0.2) is 47.5 Å². The molecule has 2 N–H and O–H groups in total. The van der Waals surface area contributed by atoms with Crippen molar-refractivity contribution in [2.24, 2.45) is 4.99 Å². The molecule has 30 heavy (non-hydrogen) atoms. The normalized spacial score (nSPS) is 13.8. The highest BCUT2D eigenvalue weighted by molar-refractivity contribution is 14.0. The topological polar surface area (TPSA) is 66.0 Å². The molecule has 162 valence electrons. The first-order valence-electron chi connectivity index (χ1n) is 9.77. The van der Waals surface area contributed by atoms with Crippen LogP contribution >= 0.6 is 35.6 Å². The third kappa shape index (κ3) is 6.50. The van der Waals surface area contributed by atoms with E-state index in [4.69, 9.17) is 16.3 Å². The minimum Gasteiger partial charge on any atom is -0.497 e. The molecule has 3 rings (SSSR count). The van der Waals surface area contributed by atoms with E-state index in [1.807, 2.05) is 47.4 Å². The predicted molar refractivity (Wildman–Crippen MR) is 133 cm³/mol. The van der Waals surface area contributed by atoms with Crippen molar-refractivity contribution >= 4 is 53.1 Å². The van der Waals surface area contributed by atoms with Crippen molar-refractivity contribution in [1.82, 2.24) is 10.6 Å². The van der Waals surface area contributed by atoms with Crippen molar-refractivity contribution in [3.05, 3.63) is 58.6 Å². The van der Waals surface area contributed by atoms with Crippen molar-refractivity contribution in [2.75, 3.05) is 32.1 Å². The average molecular weight is 543 g/mol. The van der Waals surface area contributed by atoms with E-state index in [0.29, 0.717) is 24.5 Å². The van der Waals surface area contributed by atoms with E-state index in [9.17, 15) is 4.79 Å². The molecule has 2 aromatic rings. The Hall–Kier alpha value is -2.00. The van der Waals surface area contributed by atoms with E-state index in [2.05, 4.69) is 15.6 Å². The summed E-state index contributed by atoms with van der Waals surface area (Å²) < 4.78 is 5.18. The number of nitrogens with one attached hydrogen (secondary N) is 2. The highest BCUT2D eigenvalue weighted by Crippen LogP contribution is 2.23. The number of amides is 1. The van der Waals surface area contributed by atoms with Gasteiger partial charge in [-0.3, -0.25) is 9.79 Å². The standard InChI is InChI=1S/C22H27ClN4O2.HI/c1-24-22(25-12-11-17-7-10-19(29-2)14-20(17)23)26-15-16-5-8-18(9-6-16)27-13-3-4-21(27)28;/h5-10,14H,3-4,11-13,15H2,1-2H3,(H2,24,25,26);1H. The van der Waals surface area contributed by atoms with Crippen LogP contribution < -0.4 is 20.3 Å². The lowest BCUT2D eigenvalue weighted by atomic mass is 10.1. The van der Waals surface area contributed by atoms with Gasteiger partial charge in [-0.05, 0) is 48.2 Å². The maximum Gasteiger partial charge on any atom is 0.227 e. The van der Waals surface area contributed by atoms with Gasteiger partial charge in [-0.1, -0.05) is 29.8 Å². The highest BCUT2D eigenvalue weighted by atomic mass is 127. The minimum absolute atomic E-state index is 0.